The van der Waals surface area contributed by atoms with E-state index in [1.165, 1.54) is 34.1 Å². The van der Waals surface area contributed by atoms with Crippen molar-refractivity contribution in [3.8, 4) is 0 Å². The van der Waals surface area contributed by atoms with Crippen molar-refractivity contribution in [2.75, 3.05) is 24.6 Å². The lowest BCUT2D eigenvalue weighted by Gasteiger charge is -2.28. The molecule has 236 valence electrons. The number of aromatic nitrogens is 7. The fraction of sp³-hybridized carbons (Fsp3) is 0.476. The Hall–Kier alpha value is -3.02. The van der Waals surface area contributed by atoms with Gasteiger partial charge >= 0.3 is 17.0 Å². The number of rotatable bonds is 2. The van der Waals surface area contributed by atoms with E-state index >= 15 is 4.39 Å². The van der Waals surface area contributed by atoms with E-state index in [1.807, 2.05) is 0 Å². The summed E-state index contributed by atoms with van der Waals surface area (Å²) in [6.07, 6.45) is -7.03. The summed E-state index contributed by atoms with van der Waals surface area (Å²) in [5, 5.41) is 11.2. The maximum absolute atomic E-state index is 16.0. The van der Waals surface area contributed by atoms with Crippen molar-refractivity contribution in [2.45, 2.75) is 49.1 Å². The molecule has 4 aromatic heterocycles. The van der Waals surface area contributed by atoms with Gasteiger partial charge in [-0.15, -0.1) is 0 Å². The third-order valence-corrected chi connectivity index (χ3v) is 9.92. The van der Waals surface area contributed by atoms with Crippen LogP contribution in [0.25, 0.3) is 22.3 Å². The molecule has 0 aliphatic carbocycles. The SMILES string of the molecule is Nc1ccnc2c1ncn2[C@@H]1O[C@@H]2COP(O)(=S)O[C@H]3[C@@H](F)[C@H](n4cnc5c(N)ncnc54)O[C@@H]3CNS(=O)(=O)O[C@H]2[C@H]1O. The van der Waals surface area contributed by atoms with Crippen LogP contribution in [0.3, 0.4) is 0 Å². The summed E-state index contributed by atoms with van der Waals surface area (Å²) in [5.41, 5.74) is 13.0. The molecule has 3 aliphatic heterocycles. The van der Waals surface area contributed by atoms with Crippen molar-refractivity contribution in [3.05, 3.63) is 31.2 Å². The topological polar surface area (TPSA) is 259 Å². The minimum absolute atomic E-state index is 0.0490. The normalized spacial score (nSPS) is 36.1. The Morgan fingerprint density at radius 2 is 1.73 bits per heavy atom. The van der Waals surface area contributed by atoms with Crippen LogP contribution in [0.2, 0.25) is 0 Å². The molecule has 3 fully saturated rings. The second kappa shape index (κ2) is 10.8. The number of imidazole rings is 2. The monoisotopic (exact) mass is 674 g/mol. The molecule has 7 heterocycles. The first-order chi connectivity index (χ1) is 20.9. The van der Waals surface area contributed by atoms with Crippen molar-refractivity contribution < 1.29 is 45.5 Å². The molecule has 0 saturated carbocycles. The van der Waals surface area contributed by atoms with Crippen molar-refractivity contribution in [1.29, 1.82) is 0 Å². The maximum atomic E-state index is 16.0. The van der Waals surface area contributed by atoms with E-state index in [2.05, 4.69) is 29.6 Å². The van der Waals surface area contributed by atoms with Gasteiger partial charge in [0.1, 0.15) is 47.9 Å². The number of fused-ring (bicyclic) bond motifs is 4. The number of nitrogens with one attached hydrogen (secondary N) is 1. The lowest BCUT2D eigenvalue weighted by molar-refractivity contribution is -0.0511. The fourth-order valence-electron chi connectivity index (χ4n) is 5.32. The highest BCUT2D eigenvalue weighted by atomic mass is 32.5. The lowest BCUT2D eigenvalue weighted by Crippen LogP contribution is -2.45. The molecule has 3 aliphatic rings. The molecule has 0 bridgehead atoms. The smallest absolute Gasteiger partial charge is 0.336 e. The average molecular weight is 675 g/mol. The molecule has 7 rings (SSSR count). The van der Waals surface area contributed by atoms with Crippen molar-refractivity contribution >= 4 is 62.7 Å². The highest BCUT2D eigenvalue weighted by molar-refractivity contribution is 8.07. The van der Waals surface area contributed by atoms with Gasteiger partial charge in [-0.2, -0.15) is 13.1 Å². The minimum Gasteiger partial charge on any atom is -0.397 e. The van der Waals surface area contributed by atoms with E-state index in [1.54, 1.807) is 0 Å². The number of nitrogens with zero attached hydrogens (tertiary/aromatic N) is 7. The molecule has 0 amide bonds. The summed E-state index contributed by atoms with van der Waals surface area (Å²) in [6, 6.07) is 1.53. The van der Waals surface area contributed by atoms with Crippen molar-refractivity contribution in [2.24, 2.45) is 0 Å². The summed E-state index contributed by atoms with van der Waals surface area (Å²) < 4.78 is 74.9. The Kier molecular flexibility index (Phi) is 7.29. The van der Waals surface area contributed by atoms with Gasteiger partial charge < -0.3 is 35.5 Å². The lowest BCUT2D eigenvalue weighted by atomic mass is 10.1. The van der Waals surface area contributed by atoms with Crippen LogP contribution in [-0.4, -0.2) is 102 Å². The number of halogens is 1. The Balaban J connectivity index is 1.17. The average Bonchev–Trinajstić information content (AvgIpc) is 3.73. The van der Waals surface area contributed by atoms with Gasteiger partial charge in [-0.25, -0.2) is 33.5 Å². The molecular weight excluding hydrogens is 650 g/mol. The highest BCUT2D eigenvalue weighted by Crippen LogP contribution is 2.50. The first kappa shape index (κ1) is 29.7. The van der Waals surface area contributed by atoms with Crippen LogP contribution >= 0.6 is 6.72 Å². The third kappa shape index (κ3) is 5.10. The quantitative estimate of drug-likeness (QED) is 0.156. The maximum Gasteiger partial charge on any atom is 0.336 e. The Morgan fingerprint density at radius 3 is 2.52 bits per heavy atom. The van der Waals surface area contributed by atoms with Crippen LogP contribution < -0.4 is 16.2 Å². The molecule has 3 saturated heterocycles. The van der Waals surface area contributed by atoms with Gasteiger partial charge in [0.15, 0.2) is 35.7 Å². The minimum atomic E-state index is -4.64. The van der Waals surface area contributed by atoms with Gasteiger partial charge in [-0.3, -0.25) is 13.7 Å². The standard InChI is InChI=1S/C21H24FN10O9PS2/c22-11-15-9(38-20(11)31-7-29-13-17(24)26-5-27-19(13)31)3-30-44(35,36)41-16-10(4-37-42(34,43)40-15)39-21(14(16)33)32-6-28-12-8(23)1-2-25-18(12)32/h1-2,5-7,9-11,14-16,20-21,30,33H,3-4H2,(H2,23,25)(H,34,43)(H2,24,26,27)/t9-,10-,11-,14-,15-,16-,20-,21-,42?/m1/s1. The Bertz CT molecular complexity index is 1900. The van der Waals surface area contributed by atoms with Gasteiger partial charge in [0.2, 0.25) is 0 Å². The zero-order valence-corrected chi connectivity index (χ0v) is 24.6. The predicted molar refractivity (Wildman–Crippen MR) is 150 cm³/mol. The molecule has 0 spiro atoms. The molecular formula is C21H24FN10O9PS2. The second-order valence-electron chi connectivity index (χ2n) is 10.1. The van der Waals surface area contributed by atoms with Gasteiger partial charge in [-0.05, 0) is 17.9 Å². The largest absolute Gasteiger partial charge is 0.397 e. The summed E-state index contributed by atoms with van der Waals surface area (Å²) in [6.45, 7) is -5.42. The van der Waals surface area contributed by atoms with Crippen molar-refractivity contribution in [1.82, 2.24) is 38.8 Å². The number of pyridine rings is 1. The second-order valence-corrected chi connectivity index (χ2v) is 14.3. The van der Waals surface area contributed by atoms with E-state index in [0.29, 0.717) is 11.2 Å². The van der Waals surface area contributed by atoms with Crippen LogP contribution in [0.4, 0.5) is 15.9 Å². The molecule has 4 aromatic rings. The highest BCUT2D eigenvalue weighted by Gasteiger charge is 2.53. The first-order valence-electron chi connectivity index (χ1n) is 12.9. The van der Waals surface area contributed by atoms with Crippen LogP contribution in [0.5, 0.6) is 0 Å². The van der Waals surface area contributed by atoms with Crippen LogP contribution in [-0.2, 0) is 44.8 Å². The van der Waals surface area contributed by atoms with E-state index in [4.69, 9.17) is 46.0 Å². The first-order valence-corrected chi connectivity index (χ1v) is 16.9. The number of nitrogen functional groups attached to an aromatic ring is 2. The molecule has 7 N–H and O–H groups in total. The number of alkyl halides is 1. The number of hydrogen-bond donors (Lipinski definition) is 5. The van der Waals surface area contributed by atoms with Crippen molar-refractivity contribution in [3.63, 3.8) is 0 Å². The van der Waals surface area contributed by atoms with Crippen LogP contribution in [0.15, 0.2) is 31.2 Å². The number of aliphatic hydroxyl groups is 1. The zero-order chi connectivity index (χ0) is 31.0. The molecule has 1 unspecified atom stereocenters. The van der Waals surface area contributed by atoms with Gasteiger partial charge in [0, 0.05) is 12.7 Å². The predicted octanol–water partition coefficient (Wildman–Crippen LogP) is -1.22. The molecule has 23 heteroatoms. The Morgan fingerprint density at radius 1 is 1.02 bits per heavy atom. The summed E-state index contributed by atoms with van der Waals surface area (Å²) in [5.74, 6) is 0.0490. The number of hydrogen-bond acceptors (Lipinski definition) is 16. The van der Waals surface area contributed by atoms with E-state index in [0.717, 1.165) is 6.33 Å². The van der Waals surface area contributed by atoms with Gasteiger partial charge in [0.25, 0.3) is 0 Å². The van der Waals surface area contributed by atoms with E-state index in [9.17, 15) is 18.4 Å². The number of ether oxygens (including phenoxy) is 2. The summed E-state index contributed by atoms with van der Waals surface area (Å²) >= 11 is 5.16. The molecule has 19 nitrogen and oxygen atoms in total. The van der Waals surface area contributed by atoms with Crippen LogP contribution in [0.1, 0.15) is 12.5 Å². The summed E-state index contributed by atoms with van der Waals surface area (Å²) in [4.78, 5) is 31.3. The Labute approximate surface area is 251 Å². The third-order valence-electron chi connectivity index (χ3n) is 7.36. The fourth-order valence-corrected chi connectivity index (χ4v) is 7.73. The summed E-state index contributed by atoms with van der Waals surface area (Å²) in [7, 11) is -4.64. The molecule has 44 heavy (non-hydrogen) atoms. The number of aliphatic hydroxyl groups excluding tert-OH is 1. The van der Waals surface area contributed by atoms with E-state index in [-0.39, 0.29) is 22.6 Å². The number of nitrogens with two attached hydrogens (primary N) is 2. The molecule has 9 atom stereocenters. The van der Waals surface area contributed by atoms with Gasteiger partial charge in [-0.1, -0.05) is 0 Å². The molecule has 0 aromatic carbocycles. The van der Waals surface area contributed by atoms with Crippen LogP contribution in [0, 0.1) is 0 Å². The molecule has 0 radical (unpaired) electrons. The number of anilines is 2. The van der Waals surface area contributed by atoms with E-state index < -0.39 is 79.3 Å². The zero-order valence-electron chi connectivity index (χ0n) is 22.1. The van der Waals surface area contributed by atoms with Gasteiger partial charge in [0.05, 0.1) is 24.9 Å².